The summed E-state index contributed by atoms with van der Waals surface area (Å²) in [5.41, 5.74) is 0. The number of aliphatic hydroxyl groups excluding tert-OH is 1. The minimum Gasteiger partial charge on any atom is -0.462 e. The van der Waals surface area contributed by atoms with Gasteiger partial charge in [-0.2, -0.15) is 0 Å². The summed E-state index contributed by atoms with van der Waals surface area (Å²) >= 11 is 0. The maximum absolute atomic E-state index is 12.2. The number of carbonyl (C=O) groups excluding carboxylic acids is 2. The van der Waals surface area contributed by atoms with Gasteiger partial charge in [0.2, 0.25) is 0 Å². The predicted molar refractivity (Wildman–Crippen MR) is 215 cm³/mol. The van der Waals surface area contributed by atoms with E-state index in [4.69, 9.17) is 9.47 Å². The molecule has 0 heterocycles. The number of aliphatic hydroxyl groups is 1. The number of hydrogen-bond acceptors (Lipinski definition) is 5. The number of rotatable bonds is 42. The van der Waals surface area contributed by atoms with Crippen LogP contribution in [0, 0.1) is 0 Å². The normalized spacial score (nSPS) is 12.0. The standard InChI is InChI=1S/C45H88O5/c1-3-5-7-9-11-13-15-17-19-21-22-23-24-26-27-29-31-33-35-37-39-44(47)49-42-43(41-46)50-45(48)40-38-36-34-32-30-28-25-20-18-16-14-12-10-8-6-4-2/h43,46H,3-42H2,1-2H3/t43-/m0/s1. The lowest BCUT2D eigenvalue weighted by atomic mass is 10.0. The highest BCUT2D eigenvalue weighted by Crippen LogP contribution is 2.17. The van der Waals surface area contributed by atoms with E-state index in [9.17, 15) is 14.7 Å². The van der Waals surface area contributed by atoms with Crippen molar-refractivity contribution >= 4 is 11.9 Å². The van der Waals surface area contributed by atoms with E-state index in [1.807, 2.05) is 0 Å². The van der Waals surface area contributed by atoms with Crippen LogP contribution in [0.3, 0.4) is 0 Å². The highest BCUT2D eigenvalue weighted by molar-refractivity contribution is 5.70. The molecular weight excluding hydrogens is 620 g/mol. The van der Waals surface area contributed by atoms with Crippen LogP contribution in [0.2, 0.25) is 0 Å². The number of carbonyl (C=O) groups is 2. The average Bonchev–Trinajstić information content (AvgIpc) is 3.12. The zero-order chi connectivity index (χ0) is 36.4. The van der Waals surface area contributed by atoms with Crippen molar-refractivity contribution < 1.29 is 24.2 Å². The summed E-state index contributed by atoms with van der Waals surface area (Å²) in [5, 5.41) is 9.58. The van der Waals surface area contributed by atoms with Crippen LogP contribution in [0.5, 0.6) is 0 Å². The summed E-state index contributed by atoms with van der Waals surface area (Å²) in [5.74, 6) is -0.570. The molecule has 0 saturated carbocycles. The Balaban J connectivity index is 3.45. The van der Waals surface area contributed by atoms with Crippen LogP contribution in [-0.2, 0) is 19.1 Å². The van der Waals surface area contributed by atoms with Crippen molar-refractivity contribution in [3.8, 4) is 0 Å². The van der Waals surface area contributed by atoms with Crippen molar-refractivity contribution in [2.45, 2.75) is 264 Å². The molecule has 1 atom stereocenters. The Labute approximate surface area is 312 Å². The molecule has 0 spiro atoms. The van der Waals surface area contributed by atoms with Crippen LogP contribution in [0.4, 0.5) is 0 Å². The molecule has 0 aliphatic heterocycles. The summed E-state index contributed by atoms with van der Waals surface area (Å²) in [4.78, 5) is 24.3. The number of unbranched alkanes of at least 4 members (excludes halogenated alkanes) is 34. The van der Waals surface area contributed by atoms with Crippen molar-refractivity contribution in [1.82, 2.24) is 0 Å². The molecule has 0 aliphatic rings. The van der Waals surface area contributed by atoms with Gasteiger partial charge in [0.05, 0.1) is 6.61 Å². The fourth-order valence-electron chi connectivity index (χ4n) is 6.97. The van der Waals surface area contributed by atoms with Gasteiger partial charge in [0, 0.05) is 12.8 Å². The molecule has 0 saturated heterocycles. The first kappa shape index (κ1) is 48.9. The maximum atomic E-state index is 12.2. The van der Waals surface area contributed by atoms with E-state index in [1.54, 1.807) is 0 Å². The first-order chi connectivity index (χ1) is 24.6. The Bertz CT molecular complexity index is 680. The third-order valence-electron chi connectivity index (χ3n) is 10.4. The second-order valence-corrected chi connectivity index (χ2v) is 15.5. The fourth-order valence-corrected chi connectivity index (χ4v) is 6.97. The molecule has 0 radical (unpaired) electrons. The molecule has 0 aromatic heterocycles. The lowest BCUT2D eigenvalue weighted by molar-refractivity contribution is -0.161. The fraction of sp³-hybridized carbons (Fsp3) is 0.956. The van der Waals surface area contributed by atoms with Gasteiger partial charge in [-0.15, -0.1) is 0 Å². The Morgan fingerprint density at radius 3 is 0.880 bits per heavy atom. The summed E-state index contributed by atoms with van der Waals surface area (Å²) in [7, 11) is 0. The average molecular weight is 709 g/mol. The van der Waals surface area contributed by atoms with Crippen molar-refractivity contribution in [3.63, 3.8) is 0 Å². The van der Waals surface area contributed by atoms with Crippen LogP contribution in [-0.4, -0.2) is 36.4 Å². The van der Waals surface area contributed by atoms with Crippen LogP contribution in [0.25, 0.3) is 0 Å². The largest absolute Gasteiger partial charge is 0.462 e. The second-order valence-electron chi connectivity index (χ2n) is 15.5. The summed E-state index contributed by atoms with van der Waals surface area (Å²) in [6.07, 6.45) is 47.5. The van der Waals surface area contributed by atoms with Crippen LogP contribution >= 0.6 is 0 Å². The highest BCUT2D eigenvalue weighted by Gasteiger charge is 2.16. The highest BCUT2D eigenvalue weighted by atomic mass is 16.6. The van der Waals surface area contributed by atoms with E-state index in [2.05, 4.69) is 13.8 Å². The van der Waals surface area contributed by atoms with Crippen LogP contribution in [0.15, 0.2) is 0 Å². The summed E-state index contributed by atoms with van der Waals surface area (Å²) < 4.78 is 10.7. The minimum absolute atomic E-state index is 0.0563. The third kappa shape index (κ3) is 39.7. The molecule has 0 aliphatic carbocycles. The molecule has 0 fully saturated rings. The molecule has 0 bridgehead atoms. The molecule has 50 heavy (non-hydrogen) atoms. The second kappa shape index (κ2) is 42.3. The number of ether oxygens (including phenoxy) is 2. The van der Waals surface area contributed by atoms with Crippen molar-refractivity contribution in [1.29, 1.82) is 0 Å². The Kier molecular flexibility index (Phi) is 41.4. The smallest absolute Gasteiger partial charge is 0.306 e. The van der Waals surface area contributed by atoms with Crippen molar-refractivity contribution in [3.05, 3.63) is 0 Å². The van der Waals surface area contributed by atoms with E-state index >= 15 is 0 Å². The van der Waals surface area contributed by atoms with Gasteiger partial charge < -0.3 is 14.6 Å². The topological polar surface area (TPSA) is 72.8 Å². The molecular formula is C45H88O5. The van der Waals surface area contributed by atoms with Gasteiger partial charge >= 0.3 is 11.9 Å². The zero-order valence-corrected chi connectivity index (χ0v) is 33.9. The van der Waals surface area contributed by atoms with Gasteiger partial charge in [0.1, 0.15) is 6.61 Å². The Hall–Kier alpha value is -1.10. The molecule has 0 rings (SSSR count). The Morgan fingerprint density at radius 2 is 0.620 bits per heavy atom. The van der Waals surface area contributed by atoms with Crippen molar-refractivity contribution in [2.75, 3.05) is 13.2 Å². The molecule has 0 aromatic rings. The van der Waals surface area contributed by atoms with Gasteiger partial charge in [0.15, 0.2) is 6.10 Å². The molecule has 5 heteroatoms. The quantitative estimate of drug-likeness (QED) is 0.0505. The first-order valence-corrected chi connectivity index (χ1v) is 22.6. The van der Waals surface area contributed by atoms with Crippen molar-refractivity contribution in [2.24, 2.45) is 0 Å². The van der Waals surface area contributed by atoms with Gasteiger partial charge in [0.25, 0.3) is 0 Å². The third-order valence-corrected chi connectivity index (χ3v) is 10.4. The lowest BCUT2D eigenvalue weighted by Gasteiger charge is -2.15. The van der Waals surface area contributed by atoms with E-state index < -0.39 is 6.10 Å². The summed E-state index contributed by atoms with van der Waals surface area (Å²) in [6, 6.07) is 0. The molecule has 0 unspecified atom stereocenters. The predicted octanol–water partition coefficient (Wildman–Crippen LogP) is 14.3. The van der Waals surface area contributed by atoms with Gasteiger partial charge in [-0.3, -0.25) is 9.59 Å². The molecule has 0 aromatic carbocycles. The van der Waals surface area contributed by atoms with E-state index in [0.29, 0.717) is 12.8 Å². The van der Waals surface area contributed by atoms with Gasteiger partial charge in [-0.25, -0.2) is 0 Å². The molecule has 0 amide bonds. The number of hydrogen-bond donors (Lipinski definition) is 1. The van der Waals surface area contributed by atoms with E-state index in [0.717, 1.165) is 32.1 Å². The van der Waals surface area contributed by atoms with E-state index in [1.165, 1.54) is 199 Å². The van der Waals surface area contributed by atoms with E-state index in [-0.39, 0.29) is 25.2 Å². The molecule has 5 nitrogen and oxygen atoms in total. The zero-order valence-electron chi connectivity index (χ0n) is 33.9. The monoisotopic (exact) mass is 709 g/mol. The Morgan fingerprint density at radius 1 is 0.380 bits per heavy atom. The first-order valence-electron chi connectivity index (χ1n) is 22.6. The summed E-state index contributed by atoms with van der Waals surface area (Å²) in [6.45, 7) is 4.18. The lowest BCUT2D eigenvalue weighted by Crippen LogP contribution is -2.28. The SMILES string of the molecule is CCCCCCCCCCCCCCCCCCCCCCC(=O)OC[C@H](CO)OC(=O)CCCCCCCCCCCCCCCCCC. The van der Waals surface area contributed by atoms with Gasteiger partial charge in [-0.1, -0.05) is 232 Å². The molecule has 1 N–H and O–H groups in total. The maximum Gasteiger partial charge on any atom is 0.306 e. The minimum atomic E-state index is -0.762. The van der Waals surface area contributed by atoms with Gasteiger partial charge in [-0.05, 0) is 12.8 Å². The molecule has 298 valence electrons. The van der Waals surface area contributed by atoms with Crippen LogP contribution in [0.1, 0.15) is 258 Å². The number of esters is 2. The van der Waals surface area contributed by atoms with Crippen LogP contribution < -0.4 is 0 Å².